The molecule has 2 aliphatic rings. The molecule has 0 aromatic heterocycles. The zero-order chi connectivity index (χ0) is 8.55. The van der Waals surface area contributed by atoms with Crippen LogP contribution in [0.5, 0.6) is 0 Å². The van der Waals surface area contributed by atoms with Crippen LogP contribution in [0.3, 0.4) is 0 Å². The van der Waals surface area contributed by atoms with Gasteiger partial charge in [0.15, 0.2) is 0 Å². The van der Waals surface area contributed by atoms with Gasteiger partial charge in [-0.3, -0.25) is 9.59 Å². The van der Waals surface area contributed by atoms with E-state index in [2.05, 4.69) is 5.32 Å². The van der Waals surface area contributed by atoms with Gasteiger partial charge in [-0.05, 0) is 0 Å². The van der Waals surface area contributed by atoms with Crippen molar-refractivity contribution in [2.75, 3.05) is 13.1 Å². The minimum absolute atomic E-state index is 0.113. The number of piperazine rings is 1. The van der Waals surface area contributed by atoms with E-state index in [1.54, 1.807) is 4.90 Å². The summed E-state index contributed by atoms with van der Waals surface area (Å²) >= 11 is 0. The molecule has 0 radical (unpaired) electrons. The minimum Gasteiger partial charge on any atom is -0.336 e. The second-order valence-electron chi connectivity index (χ2n) is 3.47. The summed E-state index contributed by atoms with van der Waals surface area (Å²) in [6.45, 7) is 1.53. The van der Waals surface area contributed by atoms with Crippen LogP contribution in [0, 0.1) is 0 Å². The first-order chi connectivity index (χ1) is 5.81. The lowest BCUT2D eigenvalue weighted by atomic mass is 9.92. The highest BCUT2D eigenvalue weighted by Crippen LogP contribution is 2.20. The average Bonchev–Trinajstić information content (AvgIpc) is 2.02. The van der Waals surface area contributed by atoms with E-state index in [1.807, 2.05) is 0 Å². The molecule has 2 fully saturated rings. The van der Waals surface area contributed by atoms with Crippen molar-refractivity contribution in [2.45, 2.75) is 24.9 Å². The number of amides is 1. The van der Waals surface area contributed by atoms with Crippen LogP contribution in [-0.2, 0) is 9.59 Å². The highest BCUT2D eigenvalue weighted by atomic mass is 16.1. The first kappa shape index (κ1) is 7.73. The predicted octanol–water partition coefficient (Wildman–Crippen LogP) is -0.852. The van der Waals surface area contributed by atoms with Gasteiger partial charge in [-0.25, -0.2) is 0 Å². The van der Waals surface area contributed by atoms with Gasteiger partial charge in [0.25, 0.3) is 0 Å². The Morgan fingerprint density at radius 2 is 1.92 bits per heavy atom. The van der Waals surface area contributed by atoms with Gasteiger partial charge in [0.2, 0.25) is 6.41 Å². The van der Waals surface area contributed by atoms with Crippen LogP contribution in [0.1, 0.15) is 12.8 Å². The largest absolute Gasteiger partial charge is 0.336 e. The average molecular weight is 168 g/mol. The molecule has 2 saturated heterocycles. The fourth-order valence-corrected chi connectivity index (χ4v) is 2.06. The van der Waals surface area contributed by atoms with Crippen molar-refractivity contribution in [2.24, 2.45) is 0 Å². The third-order valence-corrected chi connectivity index (χ3v) is 2.65. The summed E-state index contributed by atoms with van der Waals surface area (Å²) in [6, 6.07) is 0.227. The molecule has 2 bridgehead atoms. The number of ketones is 1. The highest BCUT2D eigenvalue weighted by Gasteiger charge is 2.36. The van der Waals surface area contributed by atoms with Gasteiger partial charge in [0.05, 0.1) is 12.1 Å². The molecule has 12 heavy (non-hydrogen) atoms. The number of piperidine rings is 1. The van der Waals surface area contributed by atoms with Crippen molar-refractivity contribution < 1.29 is 9.59 Å². The minimum atomic E-state index is 0.113. The number of nitrogens with zero attached hydrogens (tertiary/aromatic N) is 1. The SMILES string of the molecule is O=CN1C2CNCC1CC(=O)C2. The number of hydrogen-bond acceptors (Lipinski definition) is 3. The summed E-state index contributed by atoms with van der Waals surface area (Å²) in [4.78, 5) is 23.6. The molecule has 66 valence electrons. The molecule has 0 saturated carbocycles. The Kier molecular flexibility index (Phi) is 1.84. The summed E-state index contributed by atoms with van der Waals surface area (Å²) in [7, 11) is 0. The fourth-order valence-electron chi connectivity index (χ4n) is 2.06. The quantitative estimate of drug-likeness (QED) is 0.519. The topological polar surface area (TPSA) is 49.4 Å². The van der Waals surface area contributed by atoms with Crippen LogP contribution >= 0.6 is 0 Å². The number of carbonyl (C=O) groups is 2. The van der Waals surface area contributed by atoms with Crippen LogP contribution in [-0.4, -0.2) is 42.3 Å². The predicted molar refractivity (Wildman–Crippen MR) is 42.6 cm³/mol. The van der Waals surface area contributed by atoms with Gasteiger partial charge in [-0.15, -0.1) is 0 Å². The highest BCUT2D eigenvalue weighted by molar-refractivity contribution is 5.81. The molecule has 0 aromatic carbocycles. The molecule has 0 aliphatic carbocycles. The van der Waals surface area contributed by atoms with E-state index in [1.165, 1.54) is 0 Å². The number of nitrogens with one attached hydrogen (secondary N) is 1. The smallest absolute Gasteiger partial charge is 0.210 e. The van der Waals surface area contributed by atoms with Crippen molar-refractivity contribution in [3.63, 3.8) is 0 Å². The van der Waals surface area contributed by atoms with E-state index in [-0.39, 0.29) is 12.1 Å². The number of fused-ring (bicyclic) bond motifs is 2. The van der Waals surface area contributed by atoms with Gasteiger partial charge in [0.1, 0.15) is 5.78 Å². The Bertz CT molecular complexity index is 201. The fraction of sp³-hybridized carbons (Fsp3) is 0.750. The van der Waals surface area contributed by atoms with Crippen LogP contribution in [0.4, 0.5) is 0 Å². The number of Topliss-reactive ketones (excluding diaryl/α,β-unsaturated/α-hetero) is 1. The van der Waals surface area contributed by atoms with Crippen LogP contribution in [0.25, 0.3) is 0 Å². The second kappa shape index (κ2) is 2.86. The molecule has 4 heteroatoms. The summed E-state index contributed by atoms with van der Waals surface area (Å²) in [5.74, 6) is 0.296. The normalized spacial score (nSPS) is 35.0. The van der Waals surface area contributed by atoms with Gasteiger partial charge >= 0.3 is 0 Å². The van der Waals surface area contributed by atoms with E-state index >= 15 is 0 Å². The molecule has 2 heterocycles. The van der Waals surface area contributed by atoms with Crippen LogP contribution < -0.4 is 5.32 Å². The van der Waals surface area contributed by atoms with Gasteiger partial charge in [0, 0.05) is 25.9 Å². The molecule has 4 nitrogen and oxygen atoms in total. The molecule has 2 unspecified atom stereocenters. The van der Waals surface area contributed by atoms with Crippen molar-refractivity contribution in [3.8, 4) is 0 Å². The van der Waals surface area contributed by atoms with E-state index in [4.69, 9.17) is 0 Å². The molecule has 1 amide bonds. The molecular formula is C8H12N2O2. The Morgan fingerprint density at radius 3 is 2.42 bits per heavy atom. The van der Waals surface area contributed by atoms with E-state index in [9.17, 15) is 9.59 Å². The van der Waals surface area contributed by atoms with E-state index < -0.39 is 0 Å². The summed E-state index contributed by atoms with van der Waals surface area (Å²) in [5.41, 5.74) is 0. The summed E-state index contributed by atoms with van der Waals surface area (Å²) < 4.78 is 0. The monoisotopic (exact) mass is 168 g/mol. The first-order valence-corrected chi connectivity index (χ1v) is 4.26. The number of rotatable bonds is 1. The van der Waals surface area contributed by atoms with Crippen molar-refractivity contribution in [3.05, 3.63) is 0 Å². The zero-order valence-electron chi connectivity index (χ0n) is 6.82. The lowest BCUT2D eigenvalue weighted by Gasteiger charge is -2.43. The number of hydrogen-bond donors (Lipinski definition) is 1. The Labute approximate surface area is 70.9 Å². The first-order valence-electron chi connectivity index (χ1n) is 4.26. The van der Waals surface area contributed by atoms with Gasteiger partial charge in [-0.2, -0.15) is 0 Å². The standard InChI is InChI=1S/C8H12N2O2/c11-5-10-6-1-8(12)2-7(10)4-9-3-6/h5-7,9H,1-4H2. The second-order valence-corrected chi connectivity index (χ2v) is 3.47. The lowest BCUT2D eigenvalue weighted by molar-refractivity contribution is -0.134. The third-order valence-electron chi connectivity index (χ3n) is 2.65. The molecule has 2 atom stereocenters. The summed E-state index contributed by atoms with van der Waals surface area (Å²) in [5, 5.41) is 3.22. The molecule has 2 aliphatic heterocycles. The Balaban J connectivity index is 2.16. The van der Waals surface area contributed by atoms with Crippen molar-refractivity contribution >= 4 is 12.2 Å². The van der Waals surface area contributed by atoms with Gasteiger partial charge < -0.3 is 10.2 Å². The molecule has 2 rings (SSSR count). The third kappa shape index (κ3) is 1.12. The Hall–Kier alpha value is -0.900. The summed E-state index contributed by atoms with van der Waals surface area (Å²) in [6.07, 6.45) is 1.94. The maximum atomic E-state index is 11.2. The van der Waals surface area contributed by atoms with Gasteiger partial charge in [-0.1, -0.05) is 0 Å². The maximum absolute atomic E-state index is 11.2. The number of carbonyl (C=O) groups excluding carboxylic acids is 2. The lowest BCUT2D eigenvalue weighted by Crippen LogP contribution is -2.60. The molecular weight excluding hydrogens is 156 g/mol. The molecule has 0 spiro atoms. The van der Waals surface area contributed by atoms with Crippen molar-refractivity contribution in [1.29, 1.82) is 0 Å². The van der Waals surface area contributed by atoms with E-state index in [0.29, 0.717) is 18.6 Å². The maximum Gasteiger partial charge on any atom is 0.210 e. The zero-order valence-corrected chi connectivity index (χ0v) is 6.82. The van der Waals surface area contributed by atoms with Crippen molar-refractivity contribution in [1.82, 2.24) is 10.2 Å². The Morgan fingerprint density at radius 1 is 1.33 bits per heavy atom. The van der Waals surface area contributed by atoms with Crippen LogP contribution in [0.2, 0.25) is 0 Å². The molecule has 1 N–H and O–H groups in total. The molecule has 0 aromatic rings. The van der Waals surface area contributed by atoms with Crippen LogP contribution in [0.15, 0.2) is 0 Å². The van der Waals surface area contributed by atoms with E-state index in [0.717, 1.165) is 19.5 Å².